The monoisotopic (exact) mass is 300 g/mol. The van der Waals surface area contributed by atoms with E-state index in [0.29, 0.717) is 12.1 Å². The molecule has 0 aromatic carbocycles. The SMILES string of the molecule is CCCNC1CCCCCC1N(CCCOC)CCOC. The van der Waals surface area contributed by atoms with Gasteiger partial charge in [-0.2, -0.15) is 0 Å². The first kappa shape index (κ1) is 18.9. The molecule has 126 valence electrons. The lowest BCUT2D eigenvalue weighted by atomic mass is 10.0. The van der Waals surface area contributed by atoms with Gasteiger partial charge in [0, 0.05) is 46.0 Å². The number of nitrogens with one attached hydrogen (secondary N) is 1. The van der Waals surface area contributed by atoms with Crippen LogP contribution in [0, 0.1) is 0 Å². The van der Waals surface area contributed by atoms with Crippen LogP contribution in [0.15, 0.2) is 0 Å². The summed E-state index contributed by atoms with van der Waals surface area (Å²) in [4.78, 5) is 2.64. The molecule has 21 heavy (non-hydrogen) atoms. The predicted octanol–water partition coefficient (Wildman–Crippen LogP) is 2.67. The number of ether oxygens (including phenoxy) is 2. The Kier molecular flexibility index (Phi) is 11.1. The summed E-state index contributed by atoms with van der Waals surface area (Å²) in [7, 11) is 3.59. The van der Waals surface area contributed by atoms with Crippen molar-refractivity contribution in [3.63, 3.8) is 0 Å². The van der Waals surface area contributed by atoms with Crippen molar-refractivity contribution in [1.29, 1.82) is 0 Å². The van der Waals surface area contributed by atoms with Crippen LogP contribution in [0.1, 0.15) is 51.9 Å². The highest BCUT2D eigenvalue weighted by Gasteiger charge is 2.28. The van der Waals surface area contributed by atoms with Crippen molar-refractivity contribution in [2.75, 3.05) is 47.1 Å². The molecule has 0 bridgehead atoms. The van der Waals surface area contributed by atoms with E-state index in [1.165, 1.54) is 38.5 Å². The molecule has 0 aliphatic heterocycles. The molecule has 0 heterocycles. The lowest BCUT2D eigenvalue weighted by Gasteiger charge is -2.37. The van der Waals surface area contributed by atoms with Gasteiger partial charge in [-0.25, -0.2) is 0 Å². The van der Waals surface area contributed by atoms with Gasteiger partial charge in [0.1, 0.15) is 0 Å². The maximum absolute atomic E-state index is 5.32. The van der Waals surface area contributed by atoms with Crippen LogP contribution in [0.4, 0.5) is 0 Å². The van der Waals surface area contributed by atoms with Gasteiger partial charge in [-0.05, 0) is 32.2 Å². The predicted molar refractivity (Wildman–Crippen MR) is 88.9 cm³/mol. The van der Waals surface area contributed by atoms with Crippen molar-refractivity contribution in [3.8, 4) is 0 Å². The topological polar surface area (TPSA) is 33.7 Å². The molecule has 1 fully saturated rings. The summed E-state index contributed by atoms with van der Waals surface area (Å²) in [5.74, 6) is 0. The van der Waals surface area contributed by atoms with E-state index in [1.54, 1.807) is 14.2 Å². The summed E-state index contributed by atoms with van der Waals surface area (Å²) in [6.45, 7) is 7.21. The van der Waals surface area contributed by atoms with E-state index >= 15 is 0 Å². The van der Waals surface area contributed by atoms with Gasteiger partial charge in [-0.1, -0.05) is 26.2 Å². The van der Waals surface area contributed by atoms with E-state index in [-0.39, 0.29) is 0 Å². The second-order valence-electron chi connectivity index (χ2n) is 6.14. The van der Waals surface area contributed by atoms with Gasteiger partial charge < -0.3 is 14.8 Å². The highest BCUT2D eigenvalue weighted by Crippen LogP contribution is 2.23. The third-order valence-electron chi connectivity index (χ3n) is 4.48. The maximum atomic E-state index is 5.32. The summed E-state index contributed by atoms with van der Waals surface area (Å²) in [5.41, 5.74) is 0. The lowest BCUT2D eigenvalue weighted by molar-refractivity contribution is 0.0870. The number of hydrogen-bond donors (Lipinski definition) is 1. The molecule has 4 nitrogen and oxygen atoms in total. The average Bonchev–Trinajstić information content (AvgIpc) is 2.74. The third kappa shape index (κ3) is 7.59. The van der Waals surface area contributed by atoms with Crippen LogP contribution in [0.25, 0.3) is 0 Å². The fourth-order valence-electron chi connectivity index (χ4n) is 3.36. The van der Waals surface area contributed by atoms with Gasteiger partial charge in [-0.15, -0.1) is 0 Å². The van der Waals surface area contributed by atoms with Gasteiger partial charge in [0.05, 0.1) is 6.61 Å². The summed E-state index contributed by atoms with van der Waals surface area (Å²) in [6, 6.07) is 1.30. The molecule has 1 rings (SSSR count). The highest BCUT2D eigenvalue weighted by molar-refractivity contribution is 4.87. The van der Waals surface area contributed by atoms with E-state index in [9.17, 15) is 0 Å². The Labute approximate surface area is 131 Å². The molecule has 0 aromatic heterocycles. The molecule has 1 N–H and O–H groups in total. The first-order valence-corrected chi connectivity index (χ1v) is 8.78. The normalized spacial score (nSPS) is 23.4. The third-order valence-corrected chi connectivity index (χ3v) is 4.48. The quantitative estimate of drug-likeness (QED) is 0.470. The first-order valence-electron chi connectivity index (χ1n) is 8.78. The minimum absolute atomic E-state index is 0.645. The molecule has 2 atom stereocenters. The van der Waals surface area contributed by atoms with Crippen molar-refractivity contribution >= 4 is 0 Å². The average molecular weight is 300 g/mol. The van der Waals surface area contributed by atoms with Crippen LogP contribution in [0.5, 0.6) is 0 Å². The number of nitrogens with zero attached hydrogens (tertiary/aromatic N) is 1. The summed E-state index contributed by atoms with van der Waals surface area (Å²) >= 11 is 0. The second-order valence-corrected chi connectivity index (χ2v) is 6.14. The Bertz CT molecular complexity index is 239. The van der Waals surface area contributed by atoms with Gasteiger partial charge >= 0.3 is 0 Å². The molecule has 0 aromatic rings. The van der Waals surface area contributed by atoms with Crippen molar-refractivity contribution < 1.29 is 9.47 Å². The molecule has 1 saturated carbocycles. The molecule has 0 radical (unpaired) electrons. The van der Waals surface area contributed by atoms with Crippen molar-refractivity contribution in [1.82, 2.24) is 10.2 Å². The zero-order valence-electron chi connectivity index (χ0n) is 14.4. The van der Waals surface area contributed by atoms with Crippen LogP contribution < -0.4 is 5.32 Å². The van der Waals surface area contributed by atoms with E-state index in [1.807, 2.05) is 0 Å². The first-order chi connectivity index (χ1) is 10.3. The summed E-state index contributed by atoms with van der Waals surface area (Å²) < 4.78 is 10.6. The largest absolute Gasteiger partial charge is 0.385 e. The zero-order valence-corrected chi connectivity index (χ0v) is 14.4. The van der Waals surface area contributed by atoms with Crippen LogP contribution in [0.2, 0.25) is 0 Å². The smallest absolute Gasteiger partial charge is 0.0589 e. The Morgan fingerprint density at radius 3 is 2.48 bits per heavy atom. The minimum Gasteiger partial charge on any atom is -0.385 e. The van der Waals surface area contributed by atoms with Crippen LogP contribution in [-0.2, 0) is 9.47 Å². The zero-order chi connectivity index (χ0) is 15.3. The van der Waals surface area contributed by atoms with E-state index in [2.05, 4.69) is 17.1 Å². The molecule has 1 aliphatic carbocycles. The van der Waals surface area contributed by atoms with Gasteiger partial charge in [0.2, 0.25) is 0 Å². The van der Waals surface area contributed by atoms with Gasteiger partial charge in [0.15, 0.2) is 0 Å². The van der Waals surface area contributed by atoms with Crippen LogP contribution in [0.3, 0.4) is 0 Å². The molecule has 0 amide bonds. The molecule has 0 spiro atoms. The highest BCUT2D eigenvalue weighted by atomic mass is 16.5. The standard InChI is InChI=1S/C17H36N2O2/c1-4-11-18-16-9-6-5-7-10-17(16)19(13-15-21-3)12-8-14-20-2/h16-18H,4-15H2,1-3H3. The Hall–Kier alpha value is -0.160. The number of hydrogen-bond acceptors (Lipinski definition) is 4. The number of rotatable bonds is 11. The maximum Gasteiger partial charge on any atom is 0.0589 e. The van der Waals surface area contributed by atoms with Crippen molar-refractivity contribution in [2.24, 2.45) is 0 Å². The molecular formula is C17H36N2O2. The Balaban J connectivity index is 2.61. The summed E-state index contributed by atoms with van der Waals surface area (Å²) in [5, 5.41) is 3.79. The van der Waals surface area contributed by atoms with Gasteiger partial charge in [0.25, 0.3) is 0 Å². The fourth-order valence-corrected chi connectivity index (χ4v) is 3.36. The lowest BCUT2D eigenvalue weighted by Crippen LogP contribution is -2.51. The minimum atomic E-state index is 0.645. The number of methoxy groups -OCH3 is 2. The molecule has 0 saturated heterocycles. The fraction of sp³-hybridized carbons (Fsp3) is 1.00. The molecular weight excluding hydrogens is 264 g/mol. The van der Waals surface area contributed by atoms with E-state index < -0.39 is 0 Å². The molecule has 2 unspecified atom stereocenters. The van der Waals surface area contributed by atoms with Crippen molar-refractivity contribution in [3.05, 3.63) is 0 Å². The summed E-state index contributed by atoms with van der Waals surface area (Å²) in [6.07, 6.45) is 9.08. The van der Waals surface area contributed by atoms with Gasteiger partial charge in [-0.3, -0.25) is 4.90 Å². The second kappa shape index (κ2) is 12.4. The van der Waals surface area contributed by atoms with Crippen LogP contribution in [-0.4, -0.2) is 64.1 Å². The van der Waals surface area contributed by atoms with E-state index in [0.717, 1.165) is 39.3 Å². The van der Waals surface area contributed by atoms with Crippen molar-refractivity contribution in [2.45, 2.75) is 64.0 Å². The molecule has 4 heteroatoms. The molecule has 1 aliphatic rings. The van der Waals surface area contributed by atoms with E-state index in [4.69, 9.17) is 9.47 Å². The van der Waals surface area contributed by atoms with Crippen LogP contribution >= 0.6 is 0 Å². The Morgan fingerprint density at radius 1 is 1.00 bits per heavy atom. The Morgan fingerprint density at radius 2 is 1.76 bits per heavy atom.